The van der Waals surface area contributed by atoms with Gasteiger partial charge in [-0.3, -0.25) is 4.79 Å². The summed E-state index contributed by atoms with van der Waals surface area (Å²) in [4.78, 5) is 12.5. The molecule has 4 heteroatoms. The van der Waals surface area contributed by atoms with E-state index in [2.05, 4.69) is 15.9 Å². The summed E-state index contributed by atoms with van der Waals surface area (Å²) >= 11 is 3.38. The number of carbonyl (C=O) groups excluding carboxylic acids is 1. The molecule has 0 unspecified atom stereocenters. The van der Waals surface area contributed by atoms with Crippen LogP contribution in [0.15, 0.2) is 46.9 Å². The van der Waals surface area contributed by atoms with Gasteiger partial charge in [0.1, 0.15) is 11.5 Å². The second-order valence-electron chi connectivity index (χ2n) is 3.88. The second-order valence-corrected chi connectivity index (χ2v) is 4.73. The molecule has 0 atom stereocenters. The fraction of sp³-hybridized carbons (Fsp3) is 0.133. The van der Waals surface area contributed by atoms with Crippen molar-refractivity contribution in [2.45, 2.75) is 0 Å². The first-order valence-electron chi connectivity index (χ1n) is 5.68. The van der Waals surface area contributed by atoms with E-state index in [9.17, 15) is 4.79 Å². The smallest absolute Gasteiger partial charge is 0.197 e. The molecule has 0 saturated heterocycles. The van der Waals surface area contributed by atoms with Crippen LogP contribution in [0, 0.1) is 0 Å². The first kappa shape index (κ1) is 13.6. The van der Waals surface area contributed by atoms with Gasteiger partial charge in [0.2, 0.25) is 0 Å². The van der Waals surface area contributed by atoms with Gasteiger partial charge in [0, 0.05) is 16.1 Å². The molecule has 3 nitrogen and oxygen atoms in total. The van der Waals surface area contributed by atoms with Crippen molar-refractivity contribution in [2.75, 3.05) is 14.2 Å². The number of benzene rings is 2. The van der Waals surface area contributed by atoms with Gasteiger partial charge in [-0.05, 0) is 24.3 Å². The highest BCUT2D eigenvalue weighted by atomic mass is 79.9. The summed E-state index contributed by atoms with van der Waals surface area (Å²) in [6, 6.07) is 12.5. The fourth-order valence-corrected chi connectivity index (χ4v) is 2.24. The summed E-state index contributed by atoms with van der Waals surface area (Å²) in [5.41, 5.74) is 1.11. The third-order valence-electron chi connectivity index (χ3n) is 2.77. The lowest BCUT2D eigenvalue weighted by Crippen LogP contribution is -2.05. The maximum Gasteiger partial charge on any atom is 0.197 e. The molecule has 0 aliphatic carbocycles. The Morgan fingerprint density at radius 1 is 1.00 bits per heavy atom. The zero-order chi connectivity index (χ0) is 13.8. The molecular formula is C15H13BrO3. The Labute approximate surface area is 120 Å². The molecule has 2 rings (SSSR count). The normalized spacial score (nSPS) is 10.1. The molecule has 0 heterocycles. The first-order valence-corrected chi connectivity index (χ1v) is 6.48. The maximum absolute atomic E-state index is 12.5. The zero-order valence-corrected chi connectivity index (χ0v) is 12.2. The molecule has 0 aromatic heterocycles. The quantitative estimate of drug-likeness (QED) is 0.806. The number of rotatable bonds is 4. The molecule has 0 fully saturated rings. The number of ketones is 1. The molecule has 2 aromatic rings. The van der Waals surface area contributed by atoms with Crippen LogP contribution >= 0.6 is 15.9 Å². The van der Waals surface area contributed by atoms with Crippen molar-refractivity contribution in [1.82, 2.24) is 0 Å². The van der Waals surface area contributed by atoms with E-state index in [-0.39, 0.29) is 5.78 Å². The van der Waals surface area contributed by atoms with Gasteiger partial charge >= 0.3 is 0 Å². The van der Waals surface area contributed by atoms with E-state index in [4.69, 9.17) is 9.47 Å². The van der Waals surface area contributed by atoms with E-state index in [1.165, 1.54) is 7.11 Å². The standard InChI is InChI=1S/C15H13BrO3/c1-18-10-7-8-12(14(9-10)19-2)15(17)11-5-3-4-6-13(11)16/h3-9H,1-2H3. The summed E-state index contributed by atoms with van der Waals surface area (Å²) in [7, 11) is 3.11. The Bertz CT molecular complexity index is 608. The van der Waals surface area contributed by atoms with Gasteiger partial charge in [0.05, 0.1) is 19.8 Å². The zero-order valence-electron chi connectivity index (χ0n) is 10.6. The van der Waals surface area contributed by atoms with Crippen LogP contribution in [0.1, 0.15) is 15.9 Å². The van der Waals surface area contributed by atoms with Gasteiger partial charge in [-0.15, -0.1) is 0 Å². The number of methoxy groups -OCH3 is 2. The average Bonchev–Trinajstić information content (AvgIpc) is 2.46. The number of carbonyl (C=O) groups is 1. The predicted octanol–water partition coefficient (Wildman–Crippen LogP) is 3.70. The maximum atomic E-state index is 12.5. The number of hydrogen-bond donors (Lipinski definition) is 0. The third-order valence-corrected chi connectivity index (χ3v) is 3.46. The van der Waals surface area contributed by atoms with Crippen LogP contribution in [0.5, 0.6) is 11.5 Å². The molecular weight excluding hydrogens is 308 g/mol. The number of hydrogen-bond acceptors (Lipinski definition) is 3. The van der Waals surface area contributed by atoms with Crippen molar-refractivity contribution in [1.29, 1.82) is 0 Å². The van der Waals surface area contributed by atoms with Crippen molar-refractivity contribution < 1.29 is 14.3 Å². The molecule has 0 radical (unpaired) electrons. The van der Waals surface area contributed by atoms with Crippen LogP contribution in [-0.2, 0) is 0 Å². The van der Waals surface area contributed by atoms with E-state index < -0.39 is 0 Å². The van der Waals surface area contributed by atoms with Crippen LogP contribution in [0.2, 0.25) is 0 Å². The predicted molar refractivity (Wildman–Crippen MR) is 77.1 cm³/mol. The molecule has 0 bridgehead atoms. The molecule has 19 heavy (non-hydrogen) atoms. The molecule has 0 N–H and O–H groups in total. The lowest BCUT2D eigenvalue weighted by Gasteiger charge is -2.10. The van der Waals surface area contributed by atoms with Crippen molar-refractivity contribution >= 4 is 21.7 Å². The minimum atomic E-state index is -0.0908. The number of halogens is 1. The van der Waals surface area contributed by atoms with Crippen molar-refractivity contribution in [3.63, 3.8) is 0 Å². The highest BCUT2D eigenvalue weighted by Gasteiger charge is 2.17. The van der Waals surface area contributed by atoms with Gasteiger partial charge in [-0.2, -0.15) is 0 Å². The third kappa shape index (κ3) is 2.79. The van der Waals surface area contributed by atoms with Crippen LogP contribution in [0.25, 0.3) is 0 Å². The van der Waals surface area contributed by atoms with E-state index in [1.807, 2.05) is 18.2 Å². The summed E-state index contributed by atoms with van der Waals surface area (Å²) < 4.78 is 11.1. The van der Waals surface area contributed by atoms with Crippen LogP contribution < -0.4 is 9.47 Å². The molecule has 0 amide bonds. The fourth-order valence-electron chi connectivity index (χ4n) is 1.78. The SMILES string of the molecule is COc1ccc(C(=O)c2ccccc2Br)c(OC)c1. The van der Waals surface area contributed by atoms with Crippen LogP contribution in [0.4, 0.5) is 0 Å². The van der Waals surface area contributed by atoms with Gasteiger partial charge in [0.15, 0.2) is 5.78 Å². The highest BCUT2D eigenvalue weighted by Crippen LogP contribution is 2.28. The molecule has 0 saturated carbocycles. The minimum Gasteiger partial charge on any atom is -0.497 e. The molecule has 2 aromatic carbocycles. The molecule has 0 aliphatic heterocycles. The van der Waals surface area contributed by atoms with Gasteiger partial charge in [-0.1, -0.05) is 28.1 Å². The summed E-state index contributed by atoms with van der Waals surface area (Å²) in [5, 5.41) is 0. The Kier molecular flexibility index (Phi) is 4.22. The van der Waals surface area contributed by atoms with Crippen LogP contribution in [0.3, 0.4) is 0 Å². The van der Waals surface area contributed by atoms with Gasteiger partial charge < -0.3 is 9.47 Å². The van der Waals surface area contributed by atoms with Crippen LogP contribution in [-0.4, -0.2) is 20.0 Å². The topological polar surface area (TPSA) is 35.5 Å². The summed E-state index contributed by atoms with van der Waals surface area (Å²) in [6.45, 7) is 0. The van der Waals surface area contributed by atoms with E-state index in [0.717, 1.165) is 4.47 Å². The monoisotopic (exact) mass is 320 g/mol. The Balaban J connectivity index is 2.47. The van der Waals surface area contributed by atoms with Crippen molar-refractivity contribution in [3.05, 3.63) is 58.1 Å². The summed E-state index contributed by atoms with van der Waals surface area (Å²) in [6.07, 6.45) is 0. The van der Waals surface area contributed by atoms with Gasteiger partial charge in [0.25, 0.3) is 0 Å². The first-order chi connectivity index (χ1) is 9.17. The molecule has 98 valence electrons. The summed E-state index contributed by atoms with van der Waals surface area (Å²) in [5.74, 6) is 1.06. The van der Waals surface area contributed by atoms with Gasteiger partial charge in [-0.25, -0.2) is 0 Å². The van der Waals surface area contributed by atoms with E-state index in [0.29, 0.717) is 22.6 Å². The van der Waals surface area contributed by atoms with E-state index in [1.54, 1.807) is 31.4 Å². The lowest BCUT2D eigenvalue weighted by molar-refractivity contribution is 0.103. The highest BCUT2D eigenvalue weighted by molar-refractivity contribution is 9.10. The Hall–Kier alpha value is -1.81. The molecule has 0 spiro atoms. The number of ether oxygens (including phenoxy) is 2. The molecule has 0 aliphatic rings. The van der Waals surface area contributed by atoms with Crippen molar-refractivity contribution in [2.24, 2.45) is 0 Å². The second kappa shape index (κ2) is 5.89. The van der Waals surface area contributed by atoms with Crippen molar-refractivity contribution in [3.8, 4) is 11.5 Å². The largest absolute Gasteiger partial charge is 0.497 e. The van der Waals surface area contributed by atoms with E-state index >= 15 is 0 Å². The average molecular weight is 321 g/mol. The lowest BCUT2D eigenvalue weighted by atomic mass is 10.0. The Morgan fingerprint density at radius 2 is 1.74 bits per heavy atom. The Morgan fingerprint density at radius 3 is 2.37 bits per heavy atom. The minimum absolute atomic E-state index is 0.0908.